The lowest BCUT2D eigenvalue weighted by Crippen LogP contribution is -2.14. The zero-order valence-corrected chi connectivity index (χ0v) is 7.26. The van der Waals surface area contributed by atoms with Gasteiger partial charge in [-0.2, -0.15) is 5.26 Å². The average Bonchev–Trinajstić information content (AvgIpc) is 2.39. The lowest BCUT2D eigenvalue weighted by Gasteiger charge is -2.18. The fourth-order valence-corrected chi connectivity index (χ4v) is 1.51. The Morgan fingerprint density at radius 1 is 1.64 bits per heavy atom. The third kappa shape index (κ3) is 2.51. The van der Waals surface area contributed by atoms with Crippen molar-refractivity contribution in [1.29, 1.82) is 5.26 Å². The van der Waals surface area contributed by atoms with Gasteiger partial charge in [0, 0.05) is 13.2 Å². The molecular weight excluding hydrogens is 138 g/mol. The van der Waals surface area contributed by atoms with E-state index in [0.29, 0.717) is 5.92 Å². The summed E-state index contributed by atoms with van der Waals surface area (Å²) in [5, 5.41) is 8.76. The minimum Gasteiger partial charge on any atom is -0.381 e. The summed E-state index contributed by atoms with van der Waals surface area (Å²) in [4.78, 5) is 0. The fourth-order valence-electron chi connectivity index (χ4n) is 1.51. The Hall–Kier alpha value is -0.550. The van der Waals surface area contributed by atoms with E-state index in [0.717, 1.165) is 26.1 Å². The second kappa shape index (κ2) is 3.23. The quantitative estimate of drug-likeness (QED) is 0.607. The molecule has 1 atom stereocenters. The maximum Gasteiger partial charge on any atom is 0.0684 e. The fraction of sp³-hybridized carbons (Fsp3) is 0.889. The smallest absolute Gasteiger partial charge is 0.0684 e. The number of ether oxygens (including phenoxy) is 1. The topological polar surface area (TPSA) is 33.0 Å². The van der Waals surface area contributed by atoms with Crippen LogP contribution >= 0.6 is 0 Å². The van der Waals surface area contributed by atoms with Crippen LogP contribution in [0.4, 0.5) is 0 Å². The van der Waals surface area contributed by atoms with E-state index in [9.17, 15) is 0 Å². The molecule has 0 bridgehead atoms. The predicted octanol–water partition coefficient (Wildman–Crippen LogP) is 1.96. The zero-order chi connectivity index (χ0) is 8.32. The van der Waals surface area contributed by atoms with E-state index in [2.05, 4.69) is 6.07 Å². The molecule has 0 N–H and O–H groups in total. The van der Waals surface area contributed by atoms with Crippen LogP contribution in [-0.2, 0) is 4.74 Å². The van der Waals surface area contributed by atoms with Gasteiger partial charge in [-0.1, -0.05) is 0 Å². The number of hydrogen-bond acceptors (Lipinski definition) is 2. The van der Waals surface area contributed by atoms with Gasteiger partial charge in [-0.25, -0.2) is 0 Å². The van der Waals surface area contributed by atoms with Crippen LogP contribution in [0.1, 0.15) is 26.7 Å². The van der Waals surface area contributed by atoms with Gasteiger partial charge in [-0.15, -0.1) is 0 Å². The van der Waals surface area contributed by atoms with Gasteiger partial charge in [0.2, 0.25) is 0 Å². The van der Waals surface area contributed by atoms with Gasteiger partial charge in [0.25, 0.3) is 0 Å². The van der Waals surface area contributed by atoms with Crippen LogP contribution in [0.2, 0.25) is 0 Å². The van der Waals surface area contributed by atoms with Crippen LogP contribution < -0.4 is 0 Å². The molecule has 2 nitrogen and oxygen atoms in total. The summed E-state index contributed by atoms with van der Waals surface area (Å²) >= 11 is 0. The lowest BCUT2D eigenvalue weighted by molar-refractivity contribution is 0.177. The third-order valence-corrected chi connectivity index (χ3v) is 2.13. The Kier molecular flexibility index (Phi) is 2.51. The molecule has 1 rings (SSSR count). The molecule has 1 aliphatic heterocycles. The standard InChI is InChI=1S/C9H15NO/c1-9(2,7-10)5-8-3-4-11-6-8/h8H,3-6H2,1-2H3. The molecule has 0 aromatic rings. The van der Waals surface area contributed by atoms with Crippen molar-refractivity contribution in [3.63, 3.8) is 0 Å². The molecule has 1 saturated heterocycles. The molecule has 62 valence electrons. The average molecular weight is 153 g/mol. The molecule has 0 aliphatic carbocycles. The minimum absolute atomic E-state index is 0.168. The van der Waals surface area contributed by atoms with Crippen LogP contribution in [0.3, 0.4) is 0 Å². The third-order valence-electron chi connectivity index (χ3n) is 2.13. The van der Waals surface area contributed by atoms with Crippen molar-refractivity contribution in [2.75, 3.05) is 13.2 Å². The van der Waals surface area contributed by atoms with Gasteiger partial charge in [0.05, 0.1) is 11.5 Å². The molecule has 0 radical (unpaired) electrons. The summed E-state index contributed by atoms with van der Waals surface area (Å²) < 4.78 is 5.24. The van der Waals surface area contributed by atoms with E-state index in [1.165, 1.54) is 0 Å². The Morgan fingerprint density at radius 2 is 2.36 bits per heavy atom. The molecule has 0 amide bonds. The van der Waals surface area contributed by atoms with Crippen LogP contribution in [0.15, 0.2) is 0 Å². The highest BCUT2D eigenvalue weighted by Gasteiger charge is 2.25. The molecular formula is C9H15NO. The molecule has 11 heavy (non-hydrogen) atoms. The van der Waals surface area contributed by atoms with Gasteiger partial charge in [0.1, 0.15) is 0 Å². The van der Waals surface area contributed by atoms with Crippen molar-refractivity contribution in [2.45, 2.75) is 26.7 Å². The normalized spacial score (nSPS) is 25.0. The van der Waals surface area contributed by atoms with E-state index in [4.69, 9.17) is 10.00 Å². The van der Waals surface area contributed by atoms with E-state index < -0.39 is 0 Å². The zero-order valence-electron chi connectivity index (χ0n) is 7.26. The highest BCUT2D eigenvalue weighted by Crippen LogP contribution is 2.28. The van der Waals surface area contributed by atoms with E-state index in [1.807, 2.05) is 13.8 Å². The SMILES string of the molecule is CC(C)(C#N)CC1CCOC1. The molecule has 1 fully saturated rings. The van der Waals surface area contributed by atoms with Gasteiger partial charge >= 0.3 is 0 Å². The lowest BCUT2D eigenvalue weighted by atomic mass is 9.84. The second-order valence-electron chi connectivity index (χ2n) is 3.93. The number of nitriles is 1. The highest BCUT2D eigenvalue weighted by molar-refractivity contribution is 4.93. The van der Waals surface area contributed by atoms with E-state index >= 15 is 0 Å². The molecule has 0 aromatic carbocycles. The van der Waals surface area contributed by atoms with Crippen LogP contribution in [-0.4, -0.2) is 13.2 Å². The van der Waals surface area contributed by atoms with E-state index in [1.54, 1.807) is 0 Å². The van der Waals surface area contributed by atoms with Crippen molar-refractivity contribution in [2.24, 2.45) is 11.3 Å². The molecule has 0 aromatic heterocycles. The summed E-state index contributed by atoms with van der Waals surface area (Å²) in [6, 6.07) is 2.31. The van der Waals surface area contributed by atoms with Crippen molar-refractivity contribution in [3.05, 3.63) is 0 Å². The Balaban J connectivity index is 2.35. The summed E-state index contributed by atoms with van der Waals surface area (Å²) in [5.74, 6) is 0.615. The number of rotatable bonds is 2. The first kappa shape index (κ1) is 8.55. The largest absolute Gasteiger partial charge is 0.381 e. The maximum absolute atomic E-state index is 8.76. The first-order chi connectivity index (χ1) is 5.14. The molecule has 1 unspecified atom stereocenters. The Bertz CT molecular complexity index is 163. The maximum atomic E-state index is 8.76. The highest BCUT2D eigenvalue weighted by atomic mass is 16.5. The Labute approximate surface area is 68.2 Å². The summed E-state index contributed by atoms with van der Waals surface area (Å²) in [6.45, 7) is 5.72. The Morgan fingerprint density at radius 3 is 2.82 bits per heavy atom. The van der Waals surface area contributed by atoms with Gasteiger partial charge in [0.15, 0.2) is 0 Å². The summed E-state index contributed by atoms with van der Waals surface area (Å²) in [5.41, 5.74) is -0.168. The molecule has 1 aliphatic rings. The van der Waals surface area contributed by atoms with Gasteiger partial charge in [-0.3, -0.25) is 0 Å². The second-order valence-corrected chi connectivity index (χ2v) is 3.93. The number of hydrogen-bond donors (Lipinski definition) is 0. The predicted molar refractivity (Wildman–Crippen MR) is 42.9 cm³/mol. The molecule has 0 spiro atoms. The van der Waals surface area contributed by atoms with Crippen LogP contribution in [0.25, 0.3) is 0 Å². The first-order valence-electron chi connectivity index (χ1n) is 4.13. The number of nitrogens with zero attached hydrogens (tertiary/aromatic N) is 1. The van der Waals surface area contributed by atoms with Gasteiger partial charge in [-0.05, 0) is 32.6 Å². The molecule has 1 heterocycles. The van der Waals surface area contributed by atoms with Crippen LogP contribution in [0.5, 0.6) is 0 Å². The molecule has 2 heteroatoms. The van der Waals surface area contributed by atoms with E-state index in [-0.39, 0.29) is 5.41 Å². The molecule has 0 saturated carbocycles. The summed E-state index contributed by atoms with van der Waals surface area (Å²) in [6.07, 6.45) is 2.11. The summed E-state index contributed by atoms with van der Waals surface area (Å²) in [7, 11) is 0. The minimum atomic E-state index is -0.168. The first-order valence-corrected chi connectivity index (χ1v) is 4.13. The monoisotopic (exact) mass is 153 g/mol. The van der Waals surface area contributed by atoms with Crippen molar-refractivity contribution in [1.82, 2.24) is 0 Å². The van der Waals surface area contributed by atoms with Crippen LogP contribution in [0, 0.1) is 22.7 Å². The van der Waals surface area contributed by atoms with Gasteiger partial charge < -0.3 is 4.74 Å². The van der Waals surface area contributed by atoms with Crippen molar-refractivity contribution >= 4 is 0 Å². The van der Waals surface area contributed by atoms with Crippen molar-refractivity contribution in [3.8, 4) is 6.07 Å². The van der Waals surface area contributed by atoms with Crippen molar-refractivity contribution < 1.29 is 4.74 Å².